The first-order valence-electron chi connectivity index (χ1n) is 5.03. The maximum atomic E-state index is 11.6. The maximum Gasteiger partial charge on any atom is 0.166 e. The summed E-state index contributed by atoms with van der Waals surface area (Å²) in [6.45, 7) is 0.148. The SMILES string of the molecule is CO[C@H]1C[C@H](OC)[C@H]2C(=O)CO[C@@H]2[C@H]1Cl. The Kier molecular flexibility index (Phi) is 3.30. The Balaban J connectivity index is 2.19. The molecule has 86 valence electrons. The van der Waals surface area contributed by atoms with Crippen molar-refractivity contribution in [2.75, 3.05) is 20.8 Å². The fourth-order valence-electron chi connectivity index (χ4n) is 2.46. The topological polar surface area (TPSA) is 44.8 Å². The summed E-state index contributed by atoms with van der Waals surface area (Å²) in [7, 11) is 3.22. The first-order chi connectivity index (χ1) is 7.19. The Bertz CT molecular complexity index is 258. The molecule has 0 amide bonds. The summed E-state index contributed by atoms with van der Waals surface area (Å²) in [5, 5.41) is -0.266. The van der Waals surface area contributed by atoms with E-state index in [0.717, 1.165) is 0 Å². The molecule has 0 aromatic carbocycles. The van der Waals surface area contributed by atoms with Crippen molar-refractivity contribution in [3.63, 3.8) is 0 Å². The van der Waals surface area contributed by atoms with Crippen molar-refractivity contribution in [2.24, 2.45) is 5.92 Å². The predicted molar refractivity (Wildman–Crippen MR) is 54.1 cm³/mol. The number of hydrogen-bond acceptors (Lipinski definition) is 4. The molecule has 4 nitrogen and oxygen atoms in total. The van der Waals surface area contributed by atoms with Gasteiger partial charge in [0.25, 0.3) is 0 Å². The van der Waals surface area contributed by atoms with E-state index < -0.39 is 0 Å². The fraction of sp³-hybridized carbons (Fsp3) is 0.900. The lowest BCUT2D eigenvalue weighted by molar-refractivity contribution is -0.127. The van der Waals surface area contributed by atoms with E-state index in [1.54, 1.807) is 14.2 Å². The number of Topliss-reactive ketones (excluding diaryl/α,β-unsaturated/α-hetero) is 1. The number of rotatable bonds is 2. The van der Waals surface area contributed by atoms with Crippen LogP contribution < -0.4 is 0 Å². The molecule has 1 aliphatic carbocycles. The highest BCUT2D eigenvalue weighted by Crippen LogP contribution is 2.37. The molecule has 0 radical (unpaired) electrons. The standard InChI is InChI=1S/C10H15ClO4/c1-13-6-3-7(14-2)9(11)10-8(6)5(12)4-15-10/h6-10H,3-4H2,1-2H3/t6-,7-,8+,9-,10-/m0/s1. The second-order valence-electron chi connectivity index (χ2n) is 4.00. The molecular weight excluding hydrogens is 220 g/mol. The van der Waals surface area contributed by atoms with Crippen LogP contribution in [-0.2, 0) is 19.0 Å². The molecule has 0 unspecified atom stereocenters. The van der Waals surface area contributed by atoms with Crippen LogP contribution in [-0.4, -0.2) is 50.3 Å². The molecule has 15 heavy (non-hydrogen) atoms. The number of halogens is 1. The van der Waals surface area contributed by atoms with Crippen molar-refractivity contribution >= 4 is 17.4 Å². The van der Waals surface area contributed by atoms with E-state index in [4.69, 9.17) is 25.8 Å². The number of ether oxygens (including phenoxy) is 3. The average Bonchev–Trinajstić information content (AvgIpc) is 2.63. The summed E-state index contributed by atoms with van der Waals surface area (Å²) >= 11 is 6.21. The largest absolute Gasteiger partial charge is 0.380 e. The highest BCUT2D eigenvalue weighted by molar-refractivity contribution is 6.22. The number of ketones is 1. The quantitative estimate of drug-likeness (QED) is 0.657. The molecule has 0 bridgehead atoms. The summed E-state index contributed by atoms with van der Waals surface area (Å²) in [5.41, 5.74) is 0. The number of fused-ring (bicyclic) bond motifs is 1. The third-order valence-corrected chi connectivity index (χ3v) is 3.81. The third kappa shape index (κ3) is 1.80. The summed E-state index contributed by atoms with van der Waals surface area (Å²) in [6.07, 6.45) is 0.147. The van der Waals surface area contributed by atoms with Crippen LogP contribution in [0.25, 0.3) is 0 Å². The maximum absolute atomic E-state index is 11.6. The van der Waals surface area contributed by atoms with Gasteiger partial charge in [0.2, 0.25) is 0 Å². The van der Waals surface area contributed by atoms with Crippen molar-refractivity contribution in [2.45, 2.75) is 30.1 Å². The van der Waals surface area contributed by atoms with Gasteiger partial charge < -0.3 is 14.2 Å². The number of methoxy groups -OCH3 is 2. The van der Waals surface area contributed by atoms with Crippen molar-refractivity contribution in [3.8, 4) is 0 Å². The molecule has 2 rings (SSSR count). The third-order valence-electron chi connectivity index (χ3n) is 3.28. The Labute approximate surface area is 93.8 Å². The van der Waals surface area contributed by atoms with Crippen LogP contribution in [0.15, 0.2) is 0 Å². The zero-order valence-corrected chi connectivity index (χ0v) is 9.57. The van der Waals surface area contributed by atoms with Crippen LogP contribution in [0.2, 0.25) is 0 Å². The van der Waals surface area contributed by atoms with E-state index in [-0.39, 0.29) is 42.0 Å². The van der Waals surface area contributed by atoms with Crippen molar-refractivity contribution in [1.29, 1.82) is 0 Å². The molecule has 0 aromatic rings. The molecule has 0 N–H and O–H groups in total. The van der Waals surface area contributed by atoms with E-state index in [0.29, 0.717) is 6.42 Å². The zero-order chi connectivity index (χ0) is 11.0. The molecule has 2 aliphatic rings. The number of hydrogen-bond donors (Lipinski definition) is 0. The molecule has 2 fully saturated rings. The lowest BCUT2D eigenvalue weighted by Crippen LogP contribution is -2.51. The van der Waals surface area contributed by atoms with E-state index in [9.17, 15) is 4.79 Å². The zero-order valence-electron chi connectivity index (χ0n) is 8.81. The van der Waals surface area contributed by atoms with Crippen LogP contribution >= 0.6 is 11.6 Å². The second kappa shape index (κ2) is 4.37. The van der Waals surface area contributed by atoms with Gasteiger partial charge in [-0.3, -0.25) is 4.79 Å². The highest BCUT2D eigenvalue weighted by atomic mass is 35.5. The minimum Gasteiger partial charge on any atom is -0.380 e. The molecule has 1 saturated heterocycles. The lowest BCUT2D eigenvalue weighted by atomic mass is 9.81. The Hall–Kier alpha value is -0.160. The van der Waals surface area contributed by atoms with Gasteiger partial charge in [-0.25, -0.2) is 0 Å². The van der Waals surface area contributed by atoms with Crippen LogP contribution in [0.5, 0.6) is 0 Å². The normalized spacial score (nSPS) is 45.5. The van der Waals surface area contributed by atoms with E-state index in [1.807, 2.05) is 0 Å². The predicted octanol–water partition coefficient (Wildman–Crippen LogP) is 0.612. The minimum atomic E-state index is -0.266. The second-order valence-corrected chi connectivity index (χ2v) is 4.50. The Morgan fingerprint density at radius 3 is 2.60 bits per heavy atom. The average molecular weight is 235 g/mol. The number of alkyl halides is 1. The molecule has 0 aromatic heterocycles. The van der Waals surface area contributed by atoms with Gasteiger partial charge in [-0.2, -0.15) is 0 Å². The first-order valence-corrected chi connectivity index (χ1v) is 5.46. The first kappa shape index (κ1) is 11.3. The molecule has 5 heteroatoms. The van der Waals surface area contributed by atoms with Crippen LogP contribution in [0.3, 0.4) is 0 Å². The summed E-state index contributed by atoms with van der Waals surface area (Å²) in [6, 6.07) is 0. The molecule has 0 spiro atoms. The summed E-state index contributed by atoms with van der Waals surface area (Å²) in [4.78, 5) is 11.6. The van der Waals surface area contributed by atoms with E-state index >= 15 is 0 Å². The Morgan fingerprint density at radius 2 is 2.00 bits per heavy atom. The lowest BCUT2D eigenvalue weighted by Gasteiger charge is -2.38. The molecule has 1 heterocycles. The van der Waals surface area contributed by atoms with Crippen molar-refractivity contribution in [3.05, 3.63) is 0 Å². The van der Waals surface area contributed by atoms with Crippen molar-refractivity contribution in [1.82, 2.24) is 0 Å². The van der Waals surface area contributed by atoms with Gasteiger partial charge in [0.1, 0.15) is 6.61 Å². The fourth-order valence-corrected chi connectivity index (χ4v) is 2.89. The molecule has 1 saturated carbocycles. The van der Waals surface area contributed by atoms with Gasteiger partial charge in [0, 0.05) is 20.6 Å². The van der Waals surface area contributed by atoms with Gasteiger partial charge in [0.05, 0.1) is 29.6 Å². The van der Waals surface area contributed by atoms with E-state index in [2.05, 4.69) is 0 Å². The Morgan fingerprint density at radius 1 is 1.33 bits per heavy atom. The van der Waals surface area contributed by atoms with Crippen LogP contribution in [0.1, 0.15) is 6.42 Å². The van der Waals surface area contributed by atoms with Crippen molar-refractivity contribution < 1.29 is 19.0 Å². The summed E-state index contributed by atoms with van der Waals surface area (Å²) in [5.74, 6) is -0.129. The van der Waals surface area contributed by atoms with Crippen LogP contribution in [0.4, 0.5) is 0 Å². The van der Waals surface area contributed by atoms with Gasteiger partial charge in [-0.05, 0) is 0 Å². The molecule has 5 atom stereocenters. The van der Waals surface area contributed by atoms with Crippen LogP contribution in [0, 0.1) is 5.92 Å². The van der Waals surface area contributed by atoms with Gasteiger partial charge in [-0.1, -0.05) is 0 Å². The molecular formula is C10H15ClO4. The summed E-state index contributed by atoms with van der Waals surface area (Å²) < 4.78 is 16.0. The van der Waals surface area contributed by atoms with Gasteiger partial charge in [0.15, 0.2) is 5.78 Å². The van der Waals surface area contributed by atoms with Gasteiger partial charge >= 0.3 is 0 Å². The monoisotopic (exact) mass is 234 g/mol. The number of carbonyl (C=O) groups is 1. The van der Waals surface area contributed by atoms with Gasteiger partial charge in [-0.15, -0.1) is 11.6 Å². The van der Waals surface area contributed by atoms with E-state index in [1.165, 1.54) is 0 Å². The highest BCUT2D eigenvalue weighted by Gasteiger charge is 2.51. The minimum absolute atomic E-state index is 0.0899. The molecule has 1 aliphatic heterocycles. The number of carbonyl (C=O) groups excluding carboxylic acids is 1. The smallest absolute Gasteiger partial charge is 0.166 e.